The zero-order chi connectivity index (χ0) is 17.3. The van der Waals surface area contributed by atoms with Crippen LogP contribution in [0.2, 0.25) is 0 Å². The van der Waals surface area contributed by atoms with Gasteiger partial charge in [-0.1, -0.05) is 32.0 Å². The predicted octanol–water partition coefficient (Wildman–Crippen LogP) is 3.47. The van der Waals surface area contributed by atoms with E-state index in [9.17, 15) is 9.59 Å². The first kappa shape index (κ1) is 15.9. The molecule has 1 aliphatic heterocycles. The molecule has 24 heavy (non-hydrogen) atoms. The Morgan fingerprint density at radius 3 is 2.08 bits per heavy atom. The summed E-state index contributed by atoms with van der Waals surface area (Å²) >= 11 is 0. The molecule has 0 aliphatic carbocycles. The first-order valence-electron chi connectivity index (χ1n) is 8.04. The van der Waals surface area contributed by atoms with Crippen LogP contribution >= 0.6 is 0 Å². The number of imidazole rings is 1. The molecule has 0 unspecified atom stereocenters. The van der Waals surface area contributed by atoms with Crippen LogP contribution in [0.15, 0.2) is 48.7 Å². The minimum absolute atomic E-state index is 0.194. The summed E-state index contributed by atoms with van der Waals surface area (Å²) in [5, 5.41) is 0. The molecule has 0 saturated carbocycles. The van der Waals surface area contributed by atoms with Crippen LogP contribution in [0.4, 0.5) is 0 Å². The Bertz CT molecular complexity index is 892. The number of hydrogen-bond donors (Lipinski definition) is 0. The highest BCUT2D eigenvalue weighted by atomic mass is 16.2. The molecule has 0 bridgehead atoms. The van der Waals surface area contributed by atoms with E-state index in [0.717, 1.165) is 17.0 Å². The van der Waals surface area contributed by atoms with Gasteiger partial charge in [0.15, 0.2) is 0 Å². The molecule has 2 amide bonds. The van der Waals surface area contributed by atoms with E-state index in [2.05, 4.69) is 4.98 Å². The smallest absolute Gasteiger partial charge is 0.261 e. The molecule has 5 heteroatoms. The molecule has 4 rings (SSSR count). The second-order valence-electron chi connectivity index (χ2n) is 5.31. The summed E-state index contributed by atoms with van der Waals surface area (Å²) in [6, 6.07) is 12.6. The second-order valence-corrected chi connectivity index (χ2v) is 5.31. The maximum Gasteiger partial charge on any atom is 0.261 e. The standard InChI is InChI=1S/C17H13N3O2.C2H6/c1-11-14(18-15-8-4-5-9-19(11)15)10-20-16(21)12-6-2-3-7-13(12)17(20)22;1-2/h2-9H,10H2,1H3;1-2H3. The third-order valence-corrected chi connectivity index (χ3v) is 4.05. The van der Waals surface area contributed by atoms with Crippen LogP contribution in [-0.2, 0) is 6.54 Å². The number of aromatic nitrogens is 2. The minimum Gasteiger partial charge on any atom is -0.304 e. The molecule has 3 heterocycles. The van der Waals surface area contributed by atoms with Crippen LogP contribution in [0.25, 0.3) is 5.65 Å². The molecule has 122 valence electrons. The molecule has 0 fully saturated rings. The average molecular weight is 321 g/mol. The number of aryl methyl sites for hydroxylation is 1. The van der Waals surface area contributed by atoms with Gasteiger partial charge in [-0.3, -0.25) is 14.5 Å². The van der Waals surface area contributed by atoms with Crippen LogP contribution < -0.4 is 0 Å². The largest absolute Gasteiger partial charge is 0.304 e. The Morgan fingerprint density at radius 1 is 0.917 bits per heavy atom. The first-order chi connectivity index (χ1) is 11.7. The zero-order valence-electron chi connectivity index (χ0n) is 14.0. The SMILES string of the molecule is CC.Cc1c(CN2C(=O)c3ccccc3C2=O)nc2ccccn12. The number of hydrogen-bond acceptors (Lipinski definition) is 3. The molecule has 0 spiro atoms. The minimum atomic E-state index is -0.253. The Kier molecular flexibility index (Phi) is 4.16. The summed E-state index contributed by atoms with van der Waals surface area (Å²) in [5.74, 6) is -0.505. The normalized spacial score (nSPS) is 13.0. The number of carbonyl (C=O) groups is 2. The highest BCUT2D eigenvalue weighted by molar-refractivity contribution is 6.21. The molecule has 5 nitrogen and oxygen atoms in total. The lowest BCUT2D eigenvalue weighted by Crippen LogP contribution is -2.29. The van der Waals surface area contributed by atoms with Crippen LogP contribution in [0.1, 0.15) is 46.0 Å². The lowest BCUT2D eigenvalue weighted by atomic mass is 10.1. The number of nitrogens with zero attached hydrogens (tertiary/aromatic N) is 3. The fourth-order valence-electron chi connectivity index (χ4n) is 2.85. The lowest BCUT2D eigenvalue weighted by molar-refractivity contribution is 0.0640. The summed E-state index contributed by atoms with van der Waals surface area (Å²) in [5.41, 5.74) is 3.42. The van der Waals surface area contributed by atoms with Gasteiger partial charge in [-0.2, -0.15) is 0 Å². The summed E-state index contributed by atoms with van der Waals surface area (Å²) < 4.78 is 1.95. The maximum atomic E-state index is 12.4. The van der Waals surface area contributed by atoms with E-state index in [1.54, 1.807) is 24.3 Å². The lowest BCUT2D eigenvalue weighted by Gasteiger charge is -2.12. The van der Waals surface area contributed by atoms with Crippen LogP contribution in [0.3, 0.4) is 0 Å². The van der Waals surface area contributed by atoms with Gasteiger partial charge in [0, 0.05) is 11.9 Å². The van der Waals surface area contributed by atoms with E-state index in [4.69, 9.17) is 0 Å². The number of imide groups is 1. The predicted molar refractivity (Wildman–Crippen MR) is 91.9 cm³/mol. The van der Waals surface area contributed by atoms with Crippen molar-refractivity contribution in [2.24, 2.45) is 0 Å². The monoisotopic (exact) mass is 321 g/mol. The molecule has 3 aromatic rings. The molecule has 1 aliphatic rings. The first-order valence-corrected chi connectivity index (χ1v) is 8.04. The third-order valence-electron chi connectivity index (χ3n) is 4.05. The van der Waals surface area contributed by atoms with Crippen LogP contribution in [0.5, 0.6) is 0 Å². The van der Waals surface area contributed by atoms with Crippen molar-refractivity contribution in [3.8, 4) is 0 Å². The summed E-state index contributed by atoms with van der Waals surface area (Å²) in [6.45, 7) is 6.13. The van der Waals surface area contributed by atoms with Crippen molar-refractivity contribution in [3.05, 3.63) is 71.2 Å². The fraction of sp³-hybridized carbons (Fsp3) is 0.211. The van der Waals surface area contributed by atoms with Gasteiger partial charge < -0.3 is 4.40 Å². The highest BCUT2D eigenvalue weighted by Crippen LogP contribution is 2.25. The summed E-state index contributed by atoms with van der Waals surface area (Å²) in [6.07, 6.45) is 1.92. The number of pyridine rings is 1. The van der Waals surface area contributed by atoms with Crippen molar-refractivity contribution in [1.82, 2.24) is 14.3 Å². The van der Waals surface area contributed by atoms with E-state index in [-0.39, 0.29) is 18.4 Å². The van der Waals surface area contributed by atoms with Gasteiger partial charge in [0.05, 0.1) is 23.4 Å². The molecule has 0 atom stereocenters. The van der Waals surface area contributed by atoms with Gasteiger partial charge in [-0.05, 0) is 31.2 Å². The number of fused-ring (bicyclic) bond motifs is 2. The summed E-state index contributed by atoms with van der Waals surface area (Å²) in [7, 11) is 0. The van der Waals surface area contributed by atoms with Crippen molar-refractivity contribution >= 4 is 17.5 Å². The molecule has 2 aromatic heterocycles. The van der Waals surface area contributed by atoms with Crippen molar-refractivity contribution in [2.75, 3.05) is 0 Å². The van der Waals surface area contributed by atoms with Crippen LogP contribution in [0, 0.1) is 6.92 Å². The van der Waals surface area contributed by atoms with Gasteiger partial charge in [-0.15, -0.1) is 0 Å². The number of rotatable bonds is 2. The quantitative estimate of drug-likeness (QED) is 0.679. The van der Waals surface area contributed by atoms with Crippen molar-refractivity contribution < 1.29 is 9.59 Å². The number of amides is 2. The fourth-order valence-corrected chi connectivity index (χ4v) is 2.85. The number of carbonyl (C=O) groups excluding carboxylic acids is 2. The van der Waals surface area contributed by atoms with E-state index in [1.807, 2.05) is 49.6 Å². The zero-order valence-corrected chi connectivity index (χ0v) is 14.0. The van der Waals surface area contributed by atoms with Crippen molar-refractivity contribution in [1.29, 1.82) is 0 Å². The molecular formula is C19H19N3O2. The van der Waals surface area contributed by atoms with E-state index >= 15 is 0 Å². The van der Waals surface area contributed by atoms with Crippen molar-refractivity contribution in [3.63, 3.8) is 0 Å². The number of benzene rings is 1. The van der Waals surface area contributed by atoms with Gasteiger partial charge in [-0.25, -0.2) is 4.98 Å². The Balaban J connectivity index is 0.000000815. The second kappa shape index (κ2) is 6.28. The van der Waals surface area contributed by atoms with E-state index < -0.39 is 0 Å². The van der Waals surface area contributed by atoms with Gasteiger partial charge in [0.25, 0.3) is 11.8 Å². The molecule has 1 aromatic carbocycles. The Labute approximate surface area is 140 Å². The highest BCUT2D eigenvalue weighted by Gasteiger charge is 2.35. The molecule has 0 N–H and O–H groups in total. The summed E-state index contributed by atoms with van der Waals surface area (Å²) in [4.78, 5) is 30.6. The average Bonchev–Trinajstić information content (AvgIpc) is 3.08. The maximum absolute atomic E-state index is 12.4. The van der Waals surface area contributed by atoms with Crippen molar-refractivity contribution in [2.45, 2.75) is 27.3 Å². The molecular weight excluding hydrogens is 302 g/mol. The van der Waals surface area contributed by atoms with Gasteiger partial charge in [0.2, 0.25) is 0 Å². The Morgan fingerprint density at radius 2 is 1.50 bits per heavy atom. The van der Waals surface area contributed by atoms with Crippen LogP contribution in [-0.4, -0.2) is 26.1 Å². The van der Waals surface area contributed by atoms with Gasteiger partial charge >= 0.3 is 0 Å². The topological polar surface area (TPSA) is 54.7 Å². The third kappa shape index (κ3) is 2.38. The van der Waals surface area contributed by atoms with Gasteiger partial charge in [0.1, 0.15) is 5.65 Å². The molecule has 0 saturated heterocycles. The molecule has 0 radical (unpaired) electrons. The Hall–Kier alpha value is -2.95. The van der Waals surface area contributed by atoms with E-state index in [0.29, 0.717) is 11.1 Å². The van der Waals surface area contributed by atoms with E-state index in [1.165, 1.54) is 4.90 Å².